The van der Waals surface area contributed by atoms with Gasteiger partial charge in [-0.25, -0.2) is 4.98 Å². The second kappa shape index (κ2) is 7.16. The zero-order valence-electron chi connectivity index (χ0n) is 15.2. The van der Waals surface area contributed by atoms with Crippen molar-refractivity contribution in [2.45, 2.75) is 19.9 Å². The first-order valence-corrected chi connectivity index (χ1v) is 8.87. The topological polar surface area (TPSA) is 101 Å². The maximum atomic E-state index is 9.09. The molecule has 0 radical (unpaired) electrons. The largest absolute Gasteiger partial charge is 0.395 e. The number of rotatable bonds is 6. The Hall–Kier alpha value is -3.26. The zero-order chi connectivity index (χ0) is 18.8. The summed E-state index contributed by atoms with van der Waals surface area (Å²) in [6, 6.07) is 10.2. The third-order valence-electron chi connectivity index (χ3n) is 4.23. The number of hydrogen-bond donors (Lipinski definition) is 3. The molecule has 4 aromatic rings. The fourth-order valence-electron chi connectivity index (χ4n) is 2.90. The first-order chi connectivity index (χ1) is 13.2. The number of hydrogen-bond acceptors (Lipinski definition) is 7. The number of fused-ring (bicyclic) bond motifs is 2. The van der Waals surface area contributed by atoms with Gasteiger partial charge in [0.05, 0.1) is 30.3 Å². The Kier molecular flexibility index (Phi) is 4.55. The van der Waals surface area contributed by atoms with E-state index in [1.54, 1.807) is 12.5 Å². The number of nitrogens with zero attached hydrogens (tertiary/aromatic N) is 5. The third-order valence-corrected chi connectivity index (χ3v) is 4.23. The average Bonchev–Trinajstić information content (AvgIpc) is 3.11. The van der Waals surface area contributed by atoms with Crippen LogP contribution in [-0.2, 0) is 0 Å². The van der Waals surface area contributed by atoms with E-state index in [4.69, 9.17) is 5.11 Å². The number of anilines is 3. The number of benzene rings is 1. The van der Waals surface area contributed by atoms with Gasteiger partial charge in [0.1, 0.15) is 0 Å². The summed E-state index contributed by atoms with van der Waals surface area (Å²) in [5.41, 5.74) is 3.18. The summed E-state index contributed by atoms with van der Waals surface area (Å²) < 4.78 is 1.99. The quantitative estimate of drug-likeness (QED) is 0.484. The van der Waals surface area contributed by atoms with E-state index in [0.29, 0.717) is 23.8 Å². The van der Waals surface area contributed by atoms with Crippen molar-refractivity contribution < 1.29 is 5.11 Å². The van der Waals surface area contributed by atoms with E-state index in [9.17, 15) is 0 Å². The summed E-state index contributed by atoms with van der Waals surface area (Å²) in [4.78, 5) is 18.1. The summed E-state index contributed by atoms with van der Waals surface area (Å²) in [6.07, 6.45) is 3.54. The van der Waals surface area contributed by atoms with Gasteiger partial charge in [-0.1, -0.05) is 18.2 Å². The molecule has 0 unspecified atom stereocenters. The van der Waals surface area contributed by atoms with Crippen LogP contribution >= 0.6 is 0 Å². The highest BCUT2D eigenvalue weighted by atomic mass is 16.3. The minimum absolute atomic E-state index is 0.00218. The molecule has 1 aromatic carbocycles. The molecule has 0 saturated heterocycles. The minimum Gasteiger partial charge on any atom is -0.395 e. The molecular formula is C19H21N7O. The van der Waals surface area contributed by atoms with Gasteiger partial charge < -0.3 is 20.3 Å². The van der Waals surface area contributed by atoms with Crippen molar-refractivity contribution in [3.8, 4) is 0 Å². The van der Waals surface area contributed by atoms with Crippen molar-refractivity contribution in [2.24, 2.45) is 0 Å². The van der Waals surface area contributed by atoms with Crippen molar-refractivity contribution in [3.05, 3.63) is 42.9 Å². The average molecular weight is 363 g/mol. The van der Waals surface area contributed by atoms with Gasteiger partial charge in [0.15, 0.2) is 17.0 Å². The molecule has 138 valence electrons. The van der Waals surface area contributed by atoms with Crippen LogP contribution in [0.15, 0.2) is 42.9 Å². The molecule has 0 aliphatic heterocycles. The van der Waals surface area contributed by atoms with Crippen LogP contribution < -0.4 is 10.6 Å². The SMILES string of the molecule is CC(C)n1cnc2c(Nc3cnc4ccccc4c3)nc(NCCO)nc21. The molecule has 3 N–H and O–H groups in total. The third kappa shape index (κ3) is 3.39. The Bertz CT molecular complexity index is 1090. The van der Waals surface area contributed by atoms with Crippen LogP contribution in [0, 0.1) is 0 Å². The predicted octanol–water partition coefficient (Wildman–Crippen LogP) is 3.10. The minimum atomic E-state index is 0.00218. The first kappa shape index (κ1) is 17.2. The molecule has 0 spiro atoms. The Balaban J connectivity index is 1.78. The summed E-state index contributed by atoms with van der Waals surface area (Å²) >= 11 is 0. The van der Waals surface area contributed by atoms with Crippen LogP contribution in [0.5, 0.6) is 0 Å². The molecule has 0 atom stereocenters. The summed E-state index contributed by atoms with van der Waals surface area (Å²) in [5.74, 6) is 1.03. The highest BCUT2D eigenvalue weighted by molar-refractivity contribution is 5.88. The highest BCUT2D eigenvalue weighted by Gasteiger charge is 2.15. The Labute approximate surface area is 156 Å². The standard InChI is InChI=1S/C19H21N7O/c1-12(2)26-11-22-16-17(24-19(20-7-8-27)25-18(16)26)23-14-9-13-5-3-4-6-15(13)21-10-14/h3-6,9-12,27H,7-8H2,1-2H3,(H2,20,23,24,25). The molecule has 0 aliphatic rings. The number of aromatic nitrogens is 5. The van der Waals surface area contributed by atoms with E-state index in [1.807, 2.05) is 34.9 Å². The number of nitrogens with one attached hydrogen (secondary N) is 2. The maximum absolute atomic E-state index is 9.09. The van der Waals surface area contributed by atoms with E-state index in [2.05, 4.69) is 44.4 Å². The van der Waals surface area contributed by atoms with Gasteiger partial charge in [-0.3, -0.25) is 4.98 Å². The van der Waals surface area contributed by atoms with Crippen molar-refractivity contribution in [1.29, 1.82) is 0 Å². The molecule has 0 saturated carbocycles. The second-order valence-corrected chi connectivity index (χ2v) is 6.51. The lowest BCUT2D eigenvalue weighted by atomic mass is 10.2. The number of pyridine rings is 1. The van der Waals surface area contributed by atoms with Gasteiger partial charge in [-0.15, -0.1) is 0 Å². The number of aliphatic hydroxyl groups excluding tert-OH is 1. The first-order valence-electron chi connectivity index (χ1n) is 8.87. The lowest BCUT2D eigenvalue weighted by Crippen LogP contribution is -2.11. The molecule has 4 rings (SSSR count). The van der Waals surface area contributed by atoms with Crippen molar-refractivity contribution in [2.75, 3.05) is 23.8 Å². The van der Waals surface area contributed by atoms with Crippen LogP contribution in [0.25, 0.3) is 22.1 Å². The van der Waals surface area contributed by atoms with E-state index < -0.39 is 0 Å². The molecule has 8 nitrogen and oxygen atoms in total. The Morgan fingerprint density at radius 3 is 2.81 bits per heavy atom. The number of para-hydroxylation sites is 1. The predicted molar refractivity (Wildman–Crippen MR) is 106 cm³/mol. The molecule has 27 heavy (non-hydrogen) atoms. The summed E-state index contributed by atoms with van der Waals surface area (Å²) in [6.45, 7) is 4.52. The van der Waals surface area contributed by atoms with Crippen molar-refractivity contribution in [1.82, 2.24) is 24.5 Å². The summed E-state index contributed by atoms with van der Waals surface area (Å²) in [7, 11) is 0. The fourth-order valence-corrected chi connectivity index (χ4v) is 2.90. The molecule has 0 aliphatic carbocycles. The van der Waals surface area contributed by atoms with Crippen molar-refractivity contribution >= 4 is 39.5 Å². The number of aliphatic hydroxyl groups is 1. The van der Waals surface area contributed by atoms with E-state index >= 15 is 0 Å². The Morgan fingerprint density at radius 2 is 2.00 bits per heavy atom. The van der Waals surface area contributed by atoms with Crippen LogP contribution in [0.4, 0.5) is 17.5 Å². The van der Waals surface area contributed by atoms with Gasteiger partial charge in [0.2, 0.25) is 5.95 Å². The normalized spacial score (nSPS) is 11.4. The van der Waals surface area contributed by atoms with Gasteiger partial charge in [-0.2, -0.15) is 9.97 Å². The molecule has 0 fully saturated rings. The van der Waals surface area contributed by atoms with E-state index in [1.165, 1.54) is 0 Å². The van der Waals surface area contributed by atoms with Gasteiger partial charge >= 0.3 is 0 Å². The van der Waals surface area contributed by atoms with Gasteiger partial charge in [-0.05, 0) is 26.0 Å². The molecule has 3 heterocycles. The van der Waals surface area contributed by atoms with E-state index in [0.717, 1.165) is 22.2 Å². The van der Waals surface area contributed by atoms with Crippen LogP contribution in [0.1, 0.15) is 19.9 Å². The monoisotopic (exact) mass is 363 g/mol. The molecule has 8 heteroatoms. The lowest BCUT2D eigenvalue weighted by Gasteiger charge is -2.12. The smallest absolute Gasteiger partial charge is 0.226 e. The second-order valence-electron chi connectivity index (χ2n) is 6.51. The highest BCUT2D eigenvalue weighted by Crippen LogP contribution is 2.27. The molecule has 3 aromatic heterocycles. The summed E-state index contributed by atoms with van der Waals surface area (Å²) in [5, 5.41) is 16.5. The molecule has 0 bridgehead atoms. The maximum Gasteiger partial charge on any atom is 0.226 e. The lowest BCUT2D eigenvalue weighted by molar-refractivity contribution is 0.311. The molecular weight excluding hydrogens is 342 g/mol. The van der Waals surface area contributed by atoms with Gasteiger partial charge in [0, 0.05) is 18.0 Å². The van der Waals surface area contributed by atoms with Crippen molar-refractivity contribution in [3.63, 3.8) is 0 Å². The molecule has 0 amide bonds. The zero-order valence-corrected chi connectivity index (χ0v) is 15.2. The van der Waals surface area contributed by atoms with Crippen LogP contribution in [-0.4, -0.2) is 42.8 Å². The Morgan fingerprint density at radius 1 is 1.15 bits per heavy atom. The van der Waals surface area contributed by atoms with Crippen LogP contribution in [0.2, 0.25) is 0 Å². The van der Waals surface area contributed by atoms with Crippen LogP contribution in [0.3, 0.4) is 0 Å². The number of imidazole rings is 1. The van der Waals surface area contributed by atoms with Gasteiger partial charge in [0.25, 0.3) is 0 Å². The fraction of sp³-hybridized carbons (Fsp3) is 0.263. The van der Waals surface area contributed by atoms with E-state index in [-0.39, 0.29) is 12.6 Å².